The maximum atomic E-state index is 12.4. The van der Waals surface area contributed by atoms with E-state index in [1.807, 2.05) is 0 Å². The first-order valence-corrected chi connectivity index (χ1v) is 6.69. The summed E-state index contributed by atoms with van der Waals surface area (Å²) in [6.45, 7) is 0.224. The van der Waals surface area contributed by atoms with E-state index in [0.29, 0.717) is 22.4 Å². The van der Waals surface area contributed by atoms with E-state index < -0.39 is 5.91 Å². The summed E-state index contributed by atoms with van der Waals surface area (Å²) in [5, 5.41) is 3.06. The number of ether oxygens (including phenoxy) is 1. The van der Waals surface area contributed by atoms with Gasteiger partial charge in [0.15, 0.2) is 0 Å². The summed E-state index contributed by atoms with van der Waals surface area (Å²) < 4.78 is 10.2. The van der Waals surface area contributed by atoms with Gasteiger partial charge in [-0.1, -0.05) is 0 Å². The minimum Gasteiger partial charge on any atom is -0.497 e. The van der Waals surface area contributed by atoms with Crippen LogP contribution in [0.4, 0.5) is 0 Å². The molecule has 2 aromatic heterocycles. The summed E-state index contributed by atoms with van der Waals surface area (Å²) in [5.74, 6) is 0.723. The van der Waals surface area contributed by atoms with Crippen LogP contribution in [0.5, 0.6) is 5.75 Å². The zero-order valence-electron chi connectivity index (χ0n) is 11.9. The second kappa shape index (κ2) is 5.77. The molecule has 3 aromatic rings. The smallest absolute Gasteiger partial charge is 0.257 e. The average molecular weight is 298 g/mol. The molecule has 2 heterocycles. The molecule has 0 atom stereocenters. The molecule has 2 N–H and O–H groups in total. The van der Waals surface area contributed by atoms with Gasteiger partial charge in [0.25, 0.3) is 5.91 Å². The van der Waals surface area contributed by atoms with Crippen LogP contribution in [0.3, 0.4) is 0 Å². The molecule has 112 valence electrons. The summed E-state index contributed by atoms with van der Waals surface area (Å²) in [7, 11) is 1.52. The molecule has 0 unspecified atom stereocenters. The molecule has 0 bridgehead atoms. The second-order valence-electron chi connectivity index (χ2n) is 4.71. The molecule has 0 aliphatic rings. The molecule has 6 nitrogen and oxygen atoms in total. The zero-order chi connectivity index (χ0) is 15.5. The number of benzene rings is 1. The highest BCUT2D eigenvalue weighted by Crippen LogP contribution is 2.16. The van der Waals surface area contributed by atoms with Crippen molar-refractivity contribution in [1.29, 1.82) is 0 Å². The Bertz CT molecular complexity index is 865. The van der Waals surface area contributed by atoms with Crippen molar-refractivity contribution in [3.05, 3.63) is 64.3 Å². The molecule has 0 spiro atoms. The Hall–Kier alpha value is -3.02. The van der Waals surface area contributed by atoms with Crippen molar-refractivity contribution >= 4 is 16.8 Å². The van der Waals surface area contributed by atoms with E-state index in [-0.39, 0.29) is 17.5 Å². The number of methoxy groups -OCH3 is 1. The van der Waals surface area contributed by atoms with Crippen molar-refractivity contribution in [3.8, 4) is 5.75 Å². The van der Waals surface area contributed by atoms with E-state index in [1.54, 1.807) is 30.3 Å². The van der Waals surface area contributed by atoms with Gasteiger partial charge in [-0.3, -0.25) is 9.59 Å². The first-order valence-electron chi connectivity index (χ1n) is 6.69. The minimum absolute atomic E-state index is 0.0484. The van der Waals surface area contributed by atoms with E-state index in [4.69, 9.17) is 9.15 Å². The van der Waals surface area contributed by atoms with Crippen molar-refractivity contribution in [2.75, 3.05) is 7.11 Å². The topological polar surface area (TPSA) is 84.3 Å². The number of hydrogen-bond donors (Lipinski definition) is 2. The summed E-state index contributed by atoms with van der Waals surface area (Å²) in [5.41, 5.74) is 0.352. The molecule has 1 amide bonds. The summed E-state index contributed by atoms with van der Waals surface area (Å²) in [6, 6.07) is 8.57. The summed E-state index contributed by atoms with van der Waals surface area (Å²) in [4.78, 5) is 27.5. The van der Waals surface area contributed by atoms with Gasteiger partial charge in [0.05, 0.1) is 19.9 Å². The molecule has 0 aliphatic carbocycles. The van der Waals surface area contributed by atoms with Crippen molar-refractivity contribution in [1.82, 2.24) is 10.3 Å². The number of hydrogen-bond acceptors (Lipinski definition) is 4. The number of aromatic nitrogens is 1. The highest BCUT2D eigenvalue weighted by Gasteiger charge is 2.13. The third-order valence-electron chi connectivity index (χ3n) is 3.34. The van der Waals surface area contributed by atoms with Crippen LogP contribution in [-0.2, 0) is 6.54 Å². The van der Waals surface area contributed by atoms with Crippen LogP contribution >= 0.6 is 0 Å². The number of carbonyl (C=O) groups is 1. The molecule has 0 radical (unpaired) electrons. The SMILES string of the molecule is COc1ccc2[nH]cc(C(=O)NCc3ccco3)c(=O)c2c1. The second-order valence-corrected chi connectivity index (χ2v) is 4.71. The number of furan rings is 1. The third-order valence-corrected chi connectivity index (χ3v) is 3.34. The molecule has 3 rings (SSSR count). The molecule has 22 heavy (non-hydrogen) atoms. The fourth-order valence-electron chi connectivity index (χ4n) is 2.17. The Balaban J connectivity index is 1.91. The summed E-state index contributed by atoms with van der Waals surface area (Å²) in [6.07, 6.45) is 2.94. The molecule has 0 fully saturated rings. The Labute approximate surface area is 125 Å². The molecule has 6 heteroatoms. The predicted octanol–water partition coefficient (Wildman–Crippen LogP) is 2.06. The van der Waals surface area contributed by atoms with Crippen molar-refractivity contribution in [2.45, 2.75) is 6.54 Å². The van der Waals surface area contributed by atoms with Gasteiger partial charge in [-0.2, -0.15) is 0 Å². The fourth-order valence-corrected chi connectivity index (χ4v) is 2.17. The molecular formula is C16H14N2O4. The van der Waals surface area contributed by atoms with E-state index in [9.17, 15) is 9.59 Å². The lowest BCUT2D eigenvalue weighted by molar-refractivity contribution is 0.0947. The number of rotatable bonds is 4. The van der Waals surface area contributed by atoms with E-state index in [1.165, 1.54) is 19.6 Å². The first-order chi connectivity index (χ1) is 10.7. The van der Waals surface area contributed by atoms with Gasteiger partial charge < -0.3 is 19.5 Å². The Morgan fingerprint density at radius 3 is 2.95 bits per heavy atom. The number of H-pyrrole nitrogens is 1. The lowest BCUT2D eigenvalue weighted by Gasteiger charge is -2.06. The molecule has 0 saturated carbocycles. The van der Waals surface area contributed by atoms with Gasteiger partial charge in [-0.05, 0) is 30.3 Å². The van der Waals surface area contributed by atoms with Gasteiger partial charge in [-0.15, -0.1) is 0 Å². The molecule has 1 aromatic carbocycles. The number of carbonyl (C=O) groups excluding carboxylic acids is 1. The number of nitrogens with one attached hydrogen (secondary N) is 2. The van der Waals surface area contributed by atoms with Crippen molar-refractivity contribution < 1.29 is 13.9 Å². The van der Waals surface area contributed by atoms with Gasteiger partial charge in [0.2, 0.25) is 5.43 Å². The van der Waals surface area contributed by atoms with Gasteiger partial charge >= 0.3 is 0 Å². The maximum absolute atomic E-state index is 12.4. The van der Waals surface area contributed by atoms with Crippen LogP contribution in [0.25, 0.3) is 10.9 Å². The standard InChI is InChI=1S/C16H14N2O4/c1-21-10-4-5-14-12(7-10)15(19)13(9-17-14)16(20)18-8-11-3-2-6-22-11/h2-7,9H,8H2,1H3,(H,17,19)(H,18,20). The normalized spacial score (nSPS) is 10.6. The lowest BCUT2D eigenvalue weighted by atomic mass is 10.1. The molecular weight excluding hydrogens is 284 g/mol. The number of pyridine rings is 1. The summed E-state index contributed by atoms with van der Waals surface area (Å²) >= 11 is 0. The highest BCUT2D eigenvalue weighted by atomic mass is 16.5. The van der Waals surface area contributed by atoms with E-state index in [2.05, 4.69) is 10.3 Å². The van der Waals surface area contributed by atoms with Crippen LogP contribution < -0.4 is 15.5 Å². The zero-order valence-corrected chi connectivity index (χ0v) is 11.9. The molecule has 0 aliphatic heterocycles. The predicted molar refractivity (Wildman–Crippen MR) is 81.0 cm³/mol. The van der Waals surface area contributed by atoms with E-state index >= 15 is 0 Å². The van der Waals surface area contributed by atoms with Crippen LogP contribution in [0.1, 0.15) is 16.1 Å². The molecule has 0 saturated heterocycles. The Kier molecular flexibility index (Phi) is 3.65. The van der Waals surface area contributed by atoms with Crippen LogP contribution in [-0.4, -0.2) is 18.0 Å². The average Bonchev–Trinajstić information content (AvgIpc) is 3.06. The Morgan fingerprint density at radius 1 is 1.36 bits per heavy atom. The van der Waals surface area contributed by atoms with E-state index in [0.717, 1.165) is 0 Å². The number of fused-ring (bicyclic) bond motifs is 1. The van der Waals surface area contributed by atoms with Gasteiger partial charge in [0.1, 0.15) is 17.1 Å². The number of aromatic amines is 1. The Morgan fingerprint density at radius 2 is 2.23 bits per heavy atom. The lowest BCUT2D eigenvalue weighted by Crippen LogP contribution is -2.28. The highest BCUT2D eigenvalue weighted by molar-refractivity contribution is 5.97. The van der Waals surface area contributed by atoms with Crippen molar-refractivity contribution in [3.63, 3.8) is 0 Å². The van der Waals surface area contributed by atoms with Gasteiger partial charge in [-0.25, -0.2) is 0 Å². The minimum atomic E-state index is -0.456. The first kappa shape index (κ1) is 13.9. The largest absolute Gasteiger partial charge is 0.497 e. The quantitative estimate of drug-likeness (QED) is 0.772. The third kappa shape index (κ3) is 2.58. The fraction of sp³-hybridized carbons (Fsp3) is 0.125. The van der Waals surface area contributed by atoms with Crippen LogP contribution in [0, 0.1) is 0 Å². The van der Waals surface area contributed by atoms with Crippen LogP contribution in [0.2, 0.25) is 0 Å². The maximum Gasteiger partial charge on any atom is 0.257 e. The van der Waals surface area contributed by atoms with Gasteiger partial charge in [0, 0.05) is 17.1 Å². The number of amides is 1. The monoisotopic (exact) mass is 298 g/mol. The van der Waals surface area contributed by atoms with Crippen LogP contribution in [0.15, 0.2) is 52.0 Å². The van der Waals surface area contributed by atoms with Crippen molar-refractivity contribution in [2.24, 2.45) is 0 Å².